The van der Waals surface area contributed by atoms with E-state index in [1.54, 1.807) is 13.2 Å². The van der Waals surface area contributed by atoms with Crippen LogP contribution in [-0.2, 0) is 20.9 Å². The predicted octanol–water partition coefficient (Wildman–Crippen LogP) is 2.80. The molecule has 0 saturated carbocycles. The number of hydrogen-bond acceptors (Lipinski definition) is 6. The topological polar surface area (TPSA) is 77.1 Å². The molecule has 1 saturated heterocycles. The van der Waals surface area contributed by atoms with Crippen LogP contribution in [0.25, 0.3) is 6.08 Å². The molecule has 168 valence electrons. The number of esters is 1. The fourth-order valence-electron chi connectivity index (χ4n) is 4.41. The number of carbonyl (C=O) groups excluding carboxylic acids is 2. The number of likely N-dealkylation sites (tertiary alicyclic amines) is 1. The van der Waals surface area contributed by atoms with Crippen molar-refractivity contribution in [2.75, 3.05) is 33.9 Å². The van der Waals surface area contributed by atoms with E-state index in [4.69, 9.17) is 14.2 Å². The van der Waals surface area contributed by atoms with Crippen LogP contribution in [0.1, 0.15) is 24.0 Å². The number of carbonyl (C=O) groups is 2. The number of amides is 1. The van der Waals surface area contributed by atoms with Gasteiger partial charge in [-0.15, -0.1) is 0 Å². The third-order valence-corrected chi connectivity index (χ3v) is 5.97. The smallest absolute Gasteiger partial charge is 0.332 e. The highest BCUT2D eigenvalue weighted by Crippen LogP contribution is 2.35. The molecule has 0 aliphatic carbocycles. The maximum atomic E-state index is 13.2. The zero-order valence-electron chi connectivity index (χ0n) is 18.4. The minimum atomic E-state index is -1.10. The first-order valence-electron chi connectivity index (χ1n) is 10.7. The van der Waals surface area contributed by atoms with E-state index in [0.717, 1.165) is 24.1 Å². The second kappa shape index (κ2) is 9.44. The standard InChI is InChI=1S/C25H28N2O5/c1-30-21-11-6-10-19-14-20(16-32-22(19)21)23(28)26-25(24(29)31-2)12-7-13-27(17-25)15-18-8-4-3-5-9-18/h3-6,8-11,14H,7,12-13,15-17H2,1-2H3,(H,26,28)/t25-/m0/s1. The van der Waals surface area contributed by atoms with Gasteiger partial charge in [-0.1, -0.05) is 42.5 Å². The van der Waals surface area contributed by atoms with E-state index >= 15 is 0 Å². The molecular formula is C25H28N2O5. The SMILES string of the molecule is COC(=O)[C@]1(NC(=O)C2=Cc3cccc(OC)c3OC2)CCCN(Cc2ccccc2)C1. The number of nitrogens with zero attached hydrogens (tertiary/aromatic N) is 1. The van der Waals surface area contributed by atoms with Gasteiger partial charge in [0.15, 0.2) is 17.0 Å². The van der Waals surface area contributed by atoms with Crippen molar-refractivity contribution in [3.8, 4) is 11.5 Å². The average Bonchev–Trinajstić information content (AvgIpc) is 2.83. The van der Waals surface area contributed by atoms with Gasteiger partial charge in [0.25, 0.3) is 5.91 Å². The number of rotatable bonds is 6. The van der Waals surface area contributed by atoms with Crippen molar-refractivity contribution in [1.82, 2.24) is 10.2 Å². The van der Waals surface area contributed by atoms with Crippen LogP contribution >= 0.6 is 0 Å². The minimum absolute atomic E-state index is 0.101. The van der Waals surface area contributed by atoms with Gasteiger partial charge in [-0.3, -0.25) is 9.69 Å². The average molecular weight is 437 g/mol. The number of piperidine rings is 1. The molecule has 1 fully saturated rings. The molecule has 32 heavy (non-hydrogen) atoms. The number of methoxy groups -OCH3 is 2. The number of ether oxygens (including phenoxy) is 3. The van der Waals surface area contributed by atoms with Crippen LogP contribution in [0.15, 0.2) is 54.1 Å². The van der Waals surface area contributed by atoms with Crippen LogP contribution in [0.5, 0.6) is 11.5 Å². The van der Waals surface area contributed by atoms with Crippen molar-refractivity contribution in [3.05, 3.63) is 65.2 Å². The lowest BCUT2D eigenvalue weighted by molar-refractivity contribution is -0.153. The molecule has 0 unspecified atom stereocenters. The molecule has 0 radical (unpaired) electrons. The van der Waals surface area contributed by atoms with Crippen LogP contribution in [0, 0.1) is 0 Å². The largest absolute Gasteiger partial charge is 0.493 e. The molecule has 2 aromatic carbocycles. The molecule has 0 bridgehead atoms. The first-order valence-corrected chi connectivity index (χ1v) is 10.7. The fourth-order valence-corrected chi connectivity index (χ4v) is 4.41. The van der Waals surface area contributed by atoms with Crippen molar-refractivity contribution in [3.63, 3.8) is 0 Å². The second-order valence-electron chi connectivity index (χ2n) is 8.16. The number of para-hydroxylation sites is 1. The Hall–Kier alpha value is -3.32. The quantitative estimate of drug-likeness (QED) is 0.702. The van der Waals surface area contributed by atoms with Crippen molar-refractivity contribution in [2.24, 2.45) is 0 Å². The van der Waals surface area contributed by atoms with Crippen molar-refractivity contribution in [1.29, 1.82) is 0 Å². The maximum Gasteiger partial charge on any atom is 0.332 e. The van der Waals surface area contributed by atoms with Gasteiger partial charge in [0, 0.05) is 18.7 Å². The molecule has 2 heterocycles. The molecule has 1 N–H and O–H groups in total. The van der Waals surface area contributed by atoms with Gasteiger partial charge < -0.3 is 19.5 Å². The molecule has 4 rings (SSSR count). The zero-order chi connectivity index (χ0) is 22.6. The summed E-state index contributed by atoms with van der Waals surface area (Å²) in [7, 11) is 2.94. The van der Waals surface area contributed by atoms with Crippen LogP contribution in [0.4, 0.5) is 0 Å². The Bertz CT molecular complexity index is 1020. The summed E-state index contributed by atoms with van der Waals surface area (Å²) in [5, 5.41) is 2.99. The van der Waals surface area contributed by atoms with Gasteiger partial charge in [-0.2, -0.15) is 0 Å². The lowest BCUT2D eigenvalue weighted by atomic mass is 9.88. The van der Waals surface area contributed by atoms with Crippen molar-refractivity contribution in [2.45, 2.75) is 24.9 Å². The van der Waals surface area contributed by atoms with E-state index in [1.165, 1.54) is 7.11 Å². The lowest BCUT2D eigenvalue weighted by Crippen LogP contribution is -2.63. The Labute approximate surface area is 188 Å². The monoisotopic (exact) mass is 436 g/mol. The number of hydrogen-bond donors (Lipinski definition) is 1. The summed E-state index contributed by atoms with van der Waals surface area (Å²) < 4.78 is 16.3. The molecule has 1 amide bonds. The van der Waals surface area contributed by atoms with Crippen molar-refractivity contribution < 1.29 is 23.8 Å². The van der Waals surface area contributed by atoms with E-state index in [9.17, 15) is 9.59 Å². The van der Waals surface area contributed by atoms with E-state index in [1.807, 2.05) is 36.4 Å². The minimum Gasteiger partial charge on any atom is -0.493 e. The zero-order valence-corrected chi connectivity index (χ0v) is 18.4. The predicted molar refractivity (Wildman–Crippen MR) is 120 cm³/mol. The van der Waals surface area contributed by atoms with E-state index in [0.29, 0.717) is 36.6 Å². The molecule has 7 heteroatoms. The summed E-state index contributed by atoms with van der Waals surface area (Å²) in [4.78, 5) is 28.2. The Morgan fingerprint density at radius 2 is 1.94 bits per heavy atom. The summed E-state index contributed by atoms with van der Waals surface area (Å²) in [6.45, 7) is 2.04. The van der Waals surface area contributed by atoms with E-state index in [2.05, 4.69) is 22.3 Å². The number of nitrogens with one attached hydrogen (secondary N) is 1. The molecule has 0 aromatic heterocycles. The summed E-state index contributed by atoms with van der Waals surface area (Å²) >= 11 is 0. The van der Waals surface area contributed by atoms with Gasteiger partial charge in [0.1, 0.15) is 6.61 Å². The van der Waals surface area contributed by atoms with Crippen LogP contribution in [0.2, 0.25) is 0 Å². The van der Waals surface area contributed by atoms with E-state index < -0.39 is 11.5 Å². The molecular weight excluding hydrogens is 408 g/mol. The van der Waals surface area contributed by atoms with Gasteiger partial charge in [-0.05, 0) is 37.1 Å². The van der Waals surface area contributed by atoms with E-state index in [-0.39, 0.29) is 12.5 Å². The number of fused-ring (bicyclic) bond motifs is 1. The Morgan fingerprint density at radius 1 is 1.12 bits per heavy atom. The van der Waals surface area contributed by atoms with Gasteiger partial charge >= 0.3 is 5.97 Å². The summed E-state index contributed by atoms with van der Waals surface area (Å²) in [6, 6.07) is 15.6. The normalized spacial score (nSPS) is 20.4. The highest BCUT2D eigenvalue weighted by atomic mass is 16.5. The summed E-state index contributed by atoms with van der Waals surface area (Å²) in [5.74, 6) is 0.474. The number of benzene rings is 2. The molecule has 2 aliphatic rings. The van der Waals surface area contributed by atoms with Gasteiger partial charge in [0.2, 0.25) is 0 Å². The third kappa shape index (κ3) is 4.48. The summed E-state index contributed by atoms with van der Waals surface area (Å²) in [6.07, 6.45) is 3.08. The first-order chi connectivity index (χ1) is 15.5. The highest BCUT2D eigenvalue weighted by Gasteiger charge is 2.45. The van der Waals surface area contributed by atoms with Crippen molar-refractivity contribution >= 4 is 18.0 Å². The third-order valence-electron chi connectivity index (χ3n) is 5.97. The fraction of sp³-hybridized carbons (Fsp3) is 0.360. The second-order valence-corrected chi connectivity index (χ2v) is 8.16. The van der Waals surface area contributed by atoms with Gasteiger partial charge in [0.05, 0.1) is 19.8 Å². The highest BCUT2D eigenvalue weighted by molar-refractivity contribution is 6.02. The molecule has 0 spiro atoms. The molecule has 7 nitrogen and oxygen atoms in total. The molecule has 2 aliphatic heterocycles. The maximum absolute atomic E-state index is 13.2. The van der Waals surface area contributed by atoms with Crippen LogP contribution in [-0.4, -0.2) is 56.2 Å². The Morgan fingerprint density at radius 3 is 2.69 bits per heavy atom. The summed E-state index contributed by atoms with van der Waals surface area (Å²) in [5.41, 5.74) is 1.28. The Balaban J connectivity index is 1.54. The van der Waals surface area contributed by atoms with Crippen LogP contribution < -0.4 is 14.8 Å². The lowest BCUT2D eigenvalue weighted by Gasteiger charge is -2.41. The first kappa shape index (κ1) is 21.9. The Kier molecular flexibility index (Phi) is 6.46. The molecule has 1 atom stereocenters. The molecule has 2 aromatic rings. The van der Waals surface area contributed by atoms with Gasteiger partial charge in [-0.25, -0.2) is 4.79 Å². The van der Waals surface area contributed by atoms with Crippen LogP contribution in [0.3, 0.4) is 0 Å².